The van der Waals surface area contributed by atoms with Crippen molar-refractivity contribution in [1.29, 1.82) is 0 Å². The molecule has 0 atom stereocenters. The van der Waals surface area contributed by atoms with Crippen molar-refractivity contribution in [2.24, 2.45) is 12.0 Å². The second kappa shape index (κ2) is 9.72. The molecule has 3 aromatic rings. The number of hydrogen-bond acceptors (Lipinski definition) is 6. The molecule has 2 aliphatic rings. The molecule has 2 aromatic carbocycles. The Balaban J connectivity index is 1.28. The Kier molecular flexibility index (Phi) is 6.19. The van der Waals surface area contributed by atoms with Crippen LogP contribution in [0.4, 0.5) is 5.69 Å². The van der Waals surface area contributed by atoms with Crippen molar-refractivity contribution in [2.45, 2.75) is 19.4 Å². The first-order chi connectivity index (χ1) is 16.2. The van der Waals surface area contributed by atoms with Gasteiger partial charge in [0.2, 0.25) is 6.79 Å². The largest absolute Gasteiger partial charge is 0.490 e. The molecule has 1 aromatic heterocycles. The zero-order valence-electron chi connectivity index (χ0n) is 18.5. The summed E-state index contributed by atoms with van der Waals surface area (Å²) >= 11 is 0. The van der Waals surface area contributed by atoms with E-state index in [1.165, 1.54) is 0 Å². The fourth-order valence-corrected chi connectivity index (χ4v) is 3.66. The van der Waals surface area contributed by atoms with Crippen LogP contribution < -0.4 is 29.6 Å². The second-order valence-electron chi connectivity index (χ2n) is 7.81. The van der Waals surface area contributed by atoms with Gasteiger partial charge >= 0.3 is 0 Å². The van der Waals surface area contributed by atoms with E-state index in [4.69, 9.17) is 23.9 Å². The van der Waals surface area contributed by atoms with Gasteiger partial charge in [0.1, 0.15) is 0 Å². The van der Waals surface area contributed by atoms with E-state index in [0.29, 0.717) is 32.3 Å². The van der Waals surface area contributed by atoms with Crippen LogP contribution in [0.1, 0.15) is 17.7 Å². The standard InChI is InChI=1S/C24H27N5O4/c1-29-19(8-10-27-29)15-26-24(25-9-7-17-3-5-21-22(13-17)33-16-32-21)28-18-4-6-20-23(14-18)31-12-2-11-30-20/h3-6,8,10,13-14H,2,7,9,11-12,15-16H2,1H3,(H2,25,26,28). The molecule has 172 valence electrons. The maximum absolute atomic E-state index is 5.82. The van der Waals surface area contributed by atoms with E-state index in [1.54, 1.807) is 6.20 Å². The summed E-state index contributed by atoms with van der Waals surface area (Å²) in [5, 5.41) is 11.0. The van der Waals surface area contributed by atoms with Crippen molar-refractivity contribution in [3.63, 3.8) is 0 Å². The lowest BCUT2D eigenvalue weighted by Gasteiger charge is -2.15. The number of benzene rings is 2. The molecule has 0 unspecified atom stereocenters. The van der Waals surface area contributed by atoms with Crippen molar-refractivity contribution < 1.29 is 18.9 Å². The first-order valence-corrected chi connectivity index (χ1v) is 11.0. The molecule has 2 N–H and O–H groups in total. The Bertz CT molecular complexity index is 1140. The third-order valence-electron chi connectivity index (χ3n) is 5.47. The minimum absolute atomic E-state index is 0.279. The van der Waals surface area contributed by atoms with Crippen LogP contribution in [0.2, 0.25) is 0 Å². The molecule has 0 spiro atoms. The number of guanidine groups is 1. The van der Waals surface area contributed by atoms with Gasteiger partial charge in [0.25, 0.3) is 0 Å². The molecular formula is C24H27N5O4. The highest BCUT2D eigenvalue weighted by Crippen LogP contribution is 2.33. The number of rotatable bonds is 6. The molecule has 33 heavy (non-hydrogen) atoms. The predicted octanol–water partition coefficient (Wildman–Crippen LogP) is 3.11. The Morgan fingerprint density at radius 3 is 2.64 bits per heavy atom. The van der Waals surface area contributed by atoms with E-state index in [0.717, 1.165) is 52.8 Å². The highest BCUT2D eigenvalue weighted by molar-refractivity contribution is 5.94. The van der Waals surface area contributed by atoms with Gasteiger partial charge in [-0.1, -0.05) is 6.07 Å². The Morgan fingerprint density at radius 1 is 0.970 bits per heavy atom. The smallest absolute Gasteiger partial charge is 0.231 e. The highest BCUT2D eigenvalue weighted by atomic mass is 16.7. The number of aromatic nitrogens is 2. The van der Waals surface area contributed by atoms with E-state index < -0.39 is 0 Å². The monoisotopic (exact) mass is 449 g/mol. The van der Waals surface area contributed by atoms with Crippen LogP contribution in [-0.4, -0.2) is 42.3 Å². The third kappa shape index (κ3) is 5.14. The molecule has 0 radical (unpaired) electrons. The van der Waals surface area contributed by atoms with Gasteiger partial charge in [0, 0.05) is 38.0 Å². The lowest BCUT2D eigenvalue weighted by atomic mass is 10.1. The van der Waals surface area contributed by atoms with Crippen LogP contribution in [-0.2, 0) is 20.0 Å². The summed E-state index contributed by atoms with van der Waals surface area (Å²) in [5.41, 5.74) is 3.05. The number of nitrogens with one attached hydrogen (secondary N) is 2. The SMILES string of the molecule is Cn1nccc1CN=C(NCCc1ccc2c(c1)OCO2)Nc1ccc2c(c1)OCCCO2. The van der Waals surface area contributed by atoms with Crippen molar-refractivity contribution in [1.82, 2.24) is 15.1 Å². The summed E-state index contributed by atoms with van der Waals surface area (Å²) in [7, 11) is 1.91. The lowest BCUT2D eigenvalue weighted by molar-refractivity contribution is 0.174. The van der Waals surface area contributed by atoms with Gasteiger partial charge in [-0.2, -0.15) is 5.10 Å². The molecule has 3 heterocycles. The zero-order valence-corrected chi connectivity index (χ0v) is 18.5. The van der Waals surface area contributed by atoms with Gasteiger partial charge in [-0.05, 0) is 42.3 Å². The van der Waals surface area contributed by atoms with Crippen LogP contribution in [0.5, 0.6) is 23.0 Å². The number of nitrogens with zero attached hydrogens (tertiary/aromatic N) is 3. The molecule has 9 nitrogen and oxygen atoms in total. The fraction of sp³-hybridized carbons (Fsp3) is 0.333. The third-order valence-corrected chi connectivity index (χ3v) is 5.47. The minimum Gasteiger partial charge on any atom is -0.490 e. The molecule has 5 rings (SSSR count). The topological polar surface area (TPSA) is 91.2 Å². The van der Waals surface area contributed by atoms with Gasteiger partial charge in [0.05, 0.1) is 25.5 Å². The van der Waals surface area contributed by atoms with E-state index >= 15 is 0 Å². The lowest BCUT2D eigenvalue weighted by Crippen LogP contribution is -2.32. The van der Waals surface area contributed by atoms with E-state index in [1.807, 2.05) is 48.1 Å². The first kappa shape index (κ1) is 21.0. The number of aryl methyl sites for hydroxylation is 1. The molecule has 0 aliphatic carbocycles. The normalized spacial score (nSPS) is 14.6. The average Bonchev–Trinajstić information content (AvgIpc) is 3.39. The first-order valence-electron chi connectivity index (χ1n) is 11.0. The molecule has 0 amide bonds. The summed E-state index contributed by atoms with van der Waals surface area (Å²) in [4.78, 5) is 4.76. The van der Waals surface area contributed by atoms with Crippen LogP contribution in [0.15, 0.2) is 53.7 Å². The van der Waals surface area contributed by atoms with Crippen molar-refractivity contribution in [2.75, 3.05) is 31.9 Å². The number of anilines is 1. The molecule has 0 bridgehead atoms. The Labute approximate surface area is 192 Å². The quantitative estimate of drug-likeness (QED) is 0.441. The summed E-state index contributed by atoms with van der Waals surface area (Å²) in [6, 6.07) is 13.8. The van der Waals surface area contributed by atoms with E-state index in [-0.39, 0.29) is 6.79 Å². The van der Waals surface area contributed by atoms with Crippen LogP contribution >= 0.6 is 0 Å². The van der Waals surface area contributed by atoms with Crippen LogP contribution in [0.3, 0.4) is 0 Å². The van der Waals surface area contributed by atoms with Crippen molar-refractivity contribution in [3.8, 4) is 23.0 Å². The highest BCUT2D eigenvalue weighted by Gasteiger charge is 2.14. The molecule has 9 heteroatoms. The number of ether oxygens (including phenoxy) is 4. The minimum atomic E-state index is 0.279. The van der Waals surface area contributed by atoms with Crippen LogP contribution in [0, 0.1) is 0 Å². The predicted molar refractivity (Wildman–Crippen MR) is 124 cm³/mol. The average molecular weight is 450 g/mol. The molecule has 0 saturated heterocycles. The molecule has 2 aliphatic heterocycles. The van der Waals surface area contributed by atoms with Crippen molar-refractivity contribution >= 4 is 11.6 Å². The maximum Gasteiger partial charge on any atom is 0.231 e. The van der Waals surface area contributed by atoms with Crippen molar-refractivity contribution in [3.05, 3.63) is 59.9 Å². The zero-order chi connectivity index (χ0) is 22.5. The maximum atomic E-state index is 5.82. The van der Waals surface area contributed by atoms with Gasteiger partial charge in [-0.3, -0.25) is 4.68 Å². The van der Waals surface area contributed by atoms with Gasteiger partial charge in [0.15, 0.2) is 29.0 Å². The summed E-state index contributed by atoms with van der Waals surface area (Å²) in [6.07, 6.45) is 3.45. The van der Waals surface area contributed by atoms with Gasteiger partial charge in [-0.15, -0.1) is 0 Å². The van der Waals surface area contributed by atoms with Gasteiger partial charge in [-0.25, -0.2) is 4.99 Å². The number of fused-ring (bicyclic) bond motifs is 2. The fourth-order valence-electron chi connectivity index (χ4n) is 3.66. The Hall–Kier alpha value is -3.88. The Morgan fingerprint density at radius 2 is 1.76 bits per heavy atom. The molecule has 0 fully saturated rings. The van der Waals surface area contributed by atoms with E-state index in [9.17, 15) is 0 Å². The second-order valence-corrected chi connectivity index (χ2v) is 7.81. The summed E-state index contributed by atoms with van der Waals surface area (Å²) < 4.78 is 24.3. The number of aliphatic imine (C=N–C) groups is 1. The van der Waals surface area contributed by atoms with Gasteiger partial charge < -0.3 is 29.6 Å². The van der Waals surface area contributed by atoms with E-state index in [2.05, 4.69) is 21.8 Å². The molecular weight excluding hydrogens is 422 g/mol. The molecule has 0 saturated carbocycles. The summed E-state index contributed by atoms with van der Waals surface area (Å²) in [6.45, 7) is 2.79. The summed E-state index contributed by atoms with van der Waals surface area (Å²) in [5.74, 6) is 3.77. The van der Waals surface area contributed by atoms with Crippen LogP contribution in [0.25, 0.3) is 0 Å². The number of hydrogen-bond donors (Lipinski definition) is 2.